The van der Waals surface area contributed by atoms with Gasteiger partial charge in [0.2, 0.25) is 0 Å². The Balaban J connectivity index is 1.49. The lowest BCUT2D eigenvalue weighted by Crippen LogP contribution is -2.46. The summed E-state index contributed by atoms with van der Waals surface area (Å²) in [5.41, 5.74) is 3.39. The van der Waals surface area contributed by atoms with E-state index in [1.165, 1.54) is 44.6 Å². The van der Waals surface area contributed by atoms with Gasteiger partial charge in [0.25, 0.3) is 0 Å². The van der Waals surface area contributed by atoms with Gasteiger partial charge in [0.15, 0.2) is 0 Å². The maximum Gasteiger partial charge on any atom is 0.302 e. The first-order valence-electron chi connectivity index (χ1n) is 13.2. The van der Waals surface area contributed by atoms with E-state index in [-0.39, 0.29) is 17.5 Å². The van der Waals surface area contributed by atoms with Gasteiger partial charge in [0.1, 0.15) is 6.10 Å². The molecule has 3 heteroatoms. The molecule has 0 aliphatic heterocycles. The summed E-state index contributed by atoms with van der Waals surface area (Å²) in [5.74, 6) is 2.78. The van der Waals surface area contributed by atoms with Crippen molar-refractivity contribution in [3.05, 3.63) is 23.3 Å². The number of esters is 1. The Morgan fingerprint density at radius 1 is 1.16 bits per heavy atom. The van der Waals surface area contributed by atoms with Gasteiger partial charge in [-0.2, -0.15) is 0 Å². The first-order chi connectivity index (χ1) is 14.9. The molecule has 32 heavy (non-hydrogen) atoms. The standard InChI is InChI=1S/C29H46O3/c1-19(8-7-15-27(3,4)31)24-11-12-25-23-10-9-21-18-22(32-20(2)30)13-16-28(21,5)26(23)14-17-29(24,25)6/h9-10,19,22,24-26,31H,7-8,11-18H2,1-6H3/t19-,22+,24-,25+,26+,28+,29-/m1/s1. The van der Waals surface area contributed by atoms with Crippen molar-refractivity contribution in [3.8, 4) is 0 Å². The van der Waals surface area contributed by atoms with E-state index >= 15 is 0 Å². The Morgan fingerprint density at radius 3 is 2.59 bits per heavy atom. The van der Waals surface area contributed by atoms with Crippen LogP contribution in [0.2, 0.25) is 0 Å². The number of carbonyl (C=O) groups is 1. The molecule has 3 fully saturated rings. The van der Waals surface area contributed by atoms with Crippen LogP contribution >= 0.6 is 0 Å². The van der Waals surface area contributed by atoms with Gasteiger partial charge in [-0.15, -0.1) is 0 Å². The summed E-state index contributed by atoms with van der Waals surface area (Å²) >= 11 is 0. The largest absolute Gasteiger partial charge is 0.462 e. The van der Waals surface area contributed by atoms with Crippen LogP contribution in [0, 0.1) is 34.5 Å². The molecule has 3 saturated carbocycles. The topological polar surface area (TPSA) is 46.5 Å². The van der Waals surface area contributed by atoms with Gasteiger partial charge in [0.05, 0.1) is 5.60 Å². The third-order valence-corrected chi connectivity index (χ3v) is 10.1. The molecule has 0 unspecified atom stereocenters. The summed E-state index contributed by atoms with van der Waals surface area (Å²) < 4.78 is 5.58. The molecule has 4 rings (SSSR count). The molecular weight excluding hydrogens is 396 g/mol. The minimum absolute atomic E-state index is 0.0660. The molecule has 0 amide bonds. The van der Waals surface area contributed by atoms with Crippen LogP contribution < -0.4 is 0 Å². The van der Waals surface area contributed by atoms with Gasteiger partial charge in [-0.25, -0.2) is 0 Å². The van der Waals surface area contributed by atoms with E-state index in [4.69, 9.17) is 4.74 Å². The monoisotopic (exact) mass is 442 g/mol. The predicted molar refractivity (Wildman–Crippen MR) is 130 cm³/mol. The minimum Gasteiger partial charge on any atom is -0.462 e. The van der Waals surface area contributed by atoms with Crippen LogP contribution in [0.3, 0.4) is 0 Å². The zero-order chi connectivity index (χ0) is 23.3. The fourth-order valence-corrected chi connectivity index (χ4v) is 8.34. The van der Waals surface area contributed by atoms with E-state index in [1.54, 1.807) is 5.57 Å². The molecule has 0 bridgehead atoms. The van der Waals surface area contributed by atoms with Crippen LogP contribution in [-0.2, 0) is 9.53 Å². The smallest absolute Gasteiger partial charge is 0.302 e. The van der Waals surface area contributed by atoms with Crippen molar-refractivity contribution >= 4 is 5.97 Å². The van der Waals surface area contributed by atoms with E-state index in [0.29, 0.717) is 11.3 Å². The highest BCUT2D eigenvalue weighted by atomic mass is 16.5. The quantitative estimate of drug-likeness (QED) is 0.451. The van der Waals surface area contributed by atoms with E-state index < -0.39 is 5.60 Å². The van der Waals surface area contributed by atoms with Crippen molar-refractivity contribution in [1.82, 2.24) is 0 Å². The average Bonchev–Trinajstić information content (AvgIpc) is 3.04. The average molecular weight is 443 g/mol. The summed E-state index contributed by atoms with van der Waals surface area (Å²) in [5, 5.41) is 10.1. The maximum absolute atomic E-state index is 11.5. The van der Waals surface area contributed by atoms with Crippen LogP contribution in [0.4, 0.5) is 0 Å². The van der Waals surface area contributed by atoms with E-state index in [2.05, 4.69) is 32.9 Å². The zero-order valence-corrected chi connectivity index (χ0v) is 21.4. The Bertz CT molecular complexity index is 787. The summed E-state index contributed by atoms with van der Waals surface area (Å²) in [6.07, 6.45) is 16.6. The van der Waals surface area contributed by atoms with E-state index in [1.807, 2.05) is 13.8 Å². The molecule has 0 saturated heterocycles. The van der Waals surface area contributed by atoms with E-state index in [0.717, 1.165) is 49.9 Å². The molecule has 3 nitrogen and oxygen atoms in total. The second kappa shape index (κ2) is 8.60. The number of hydrogen-bond acceptors (Lipinski definition) is 3. The highest BCUT2D eigenvalue weighted by Gasteiger charge is 2.57. The van der Waals surface area contributed by atoms with Crippen LogP contribution in [0.1, 0.15) is 106 Å². The third kappa shape index (κ3) is 4.36. The predicted octanol–water partition coefficient (Wildman–Crippen LogP) is 6.99. The fourth-order valence-electron chi connectivity index (χ4n) is 8.34. The zero-order valence-electron chi connectivity index (χ0n) is 21.4. The second-order valence-corrected chi connectivity index (χ2v) is 12.8. The van der Waals surface area contributed by atoms with Crippen molar-refractivity contribution in [2.45, 2.75) is 117 Å². The molecule has 1 N–H and O–H groups in total. The molecule has 0 heterocycles. The molecule has 0 radical (unpaired) electrons. The number of fused-ring (bicyclic) bond motifs is 5. The van der Waals surface area contributed by atoms with Crippen molar-refractivity contribution in [2.75, 3.05) is 0 Å². The second-order valence-electron chi connectivity index (χ2n) is 12.8. The number of hydrogen-bond donors (Lipinski definition) is 1. The first-order valence-corrected chi connectivity index (χ1v) is 13.2. The Morgan fingerprint density at radius 2 is 1.91 bits per heavy atom. The van der Waals surface area contributed by atoms with Crippen molar-refractivity contribution in [2.24, 2.45) is 34.5 Å². The molecule has 180 valence electrons. The first kappa shape index (κ1) is 24.0. The summed E-state index contributed by atoms with van der Waals surface area (Å²) in [6.45, 7) is 13.0. The molecule has 7 atom stereocenters. The fraction of sp³-hybridized carbons (Fsp3) is 0.828. The normalized spacial score (nSPS) is 39.8. The molecular formula is C29H46O3. The van der Waals surface area contributed by atoms with E-state index in [9.17, 15) is 9.90 Å². The summed E-state index contributed by atoms with van der Waals surface area (Å²) in [4.78, 5) is 11.5. The van der Waals surface area contributed by atoms with Crippen LogP contribution in [0.5, 0.6) is 0 Å². The van der Waals surface area contributed by atoms with Crippen LogP contribution in [0.25, 0.3) is 0 Å². The number of aliphatic hydroxyl groups is 1. The molecule has 4 aliphatic rings. The lowest BCUT2D eigenvalue weighted by molar-refractivity contribution is -0.148. The van der Waals surface area contributed by atoms with Gasteiger partial charge in [-0.1, -0.05) is 56.9 Å². The SMILES string of the molecule is CC(=O)O[C@H]1CC[C@@]2(C)C(=CC=C3[C@@H]4CC[C@H]([C@H](C)CCCC(C)(C)O)[C@@]4(C)CC[C@@H]32)C1. The molecule has 4 aliphatic carbocycles. The molecule has 0 spiro atoms. The third-order valence-electron chi connectivity index (χ3n) is 10.1. The summed E-state index contributed by atoms with van der Waals surface area (Å²) in [7, 11) is 0. The Labute approximate surface area is 196 Å². The lowest BCUT2D eigenvalue weighted by atomic mass is 9.50. The van der Waals surface area contributed by atoms with Gasteiger partial charge < -0.3 is 9.84 Å². The Kier molecular flexibility index (Phi) is 6.46. The van der Waals surface area contributed by atoms with Crippen molar-refractivity contribution < 1.29 is 14.6 Å². The molecule has 0 aromatic rings. The van der Waals surface area contributed by atoms with Gasteiger partial charge >= 0.3 is 5.97 Å². The molecule has 0 aromatic carbocycles. The van der Waals surface area contributed by atoms with Gasteiger partial charge in [-0.05, 0) is 93.3 Å². The van der Waals surface area contributed by atoms with Crippen LogP contribution in [-0.4, -0.2) is 22.8 Å². The van der Waals surface area contributed by atoms with Gasteiger partial charge in [0, 0.05) is 13.3 Å². The number of carbonyl (C=O) groups excluding carboxylic acids is 1. The van der Waals surface area contributed by atoms with Crippen molar-refractivity contribution in [1.29, 1.82) is 0 Å². The lowest BCUT2D eigenvalue weighted by Gasteiger charge is -2.55. The maximum atomic E-state index is 11.5. The highest BCUT2D eigenvalue weighted by Crippen LogP contribution is 2.66. The Hall–Kier alpha value is -1.09. The van der Waals surface area contributed by atoms with Crippen molar-refractivity contribution in [3.63, 3.8) is 0 Å². The minimum atomic E-state index is -0.541. The summed E-state index contributed by atoms with van der Waals surface area (Å²) in [6, 6.07) is 0. The highest BCUT2D eigenvalue weighted by molar-refractivity contribution is 5.66. The van der Waals surface area contributed by atoms with Crippen LogP contribution in [0.15, 0.2) is 23.3 Å². The van der Waals surface area contributed by atoms with Gasteiger partial charge in [-0.3, -0.25) is 4.79 Å². The number of ether oxygens (including phenoxy) is 1. The molecule has 0 aromatic heterocycles. The number of allylic oxidation sites excluding steroid dienone is 3. The number of rotatable bonds is 6.